The maximum atomic E-state index is 13.7. The highest BCUT2D eigenvalue weighted by Gasteiger charge is 2.52. The number of halogens is 6. The normalized spacial score (nSPS) is 11.7. The molecule has 4 rings (SSSR count). The van der Waals surface area contributed by atoms with Crippen molar-refractivity contribution in [2.75, 3.05) is 39.2 Å². The molecule has 0 saturated carbocycles. The van der Waals surface area contributed by atoms with Crippen LogP contribution in [0.15, 0.2) is 91.0 Å². The van der Waals surface area contributed by atoms with Crippen LogP contribution >= 0.6 is 0 Å². The molecule has 296 valence electrons. The van der Waals surface area contributed by atoms with Gasteiger partial charge in [-0.2, -0.15) is 26.3 Å². The molecule has 0 bridgehead atoms. The Morgan fingerprint density at radius 1 is 0.643 bits per heavy atom. The summed E-state index contributed by atoms with van der Waals surface area (Å²) in [5.41, 5.74) is -5.09. The van der Waals surface area contributed by atoms with E-state index in [2.05, 4.69) is 5.32 Å². The van der Waals surface area contributed by atoms with Gasteiger partial charge in [0.1, 0.15) is 6.61 Å². The largest absolute Gasteiger partial charge is 0.465 e. The zero-order chi connectivity index (χ0) is 41.4. The summed E-state index contributed by atoms with van der Waals surface area (Å²) < 4.78 is 96.5. The number of nitrogens with zero attached hydrogens (tertiary/aromatic N) is 1. The molecular weight excluding hydrogens is 750 g/mol. The van der Waals surface area contributed by atoms with Crippen molar-refractivity contribution in [2.24, 2.45) is 0 Å². The lowest BCUT2D eigenvalue weighted by molar-refractivity contribution is -0.170. The van der Waals surface area contributed by atoms with E-state index < -0.39 is 71.6 Å². The maximum absolute atomic E-state index is 13.7. The molecule has 0 fully saturated rings. The molecule has 0 radical (unpaired) electrons. The smallest absolute Gasteiger partial charge is 0.416 e. The van der Waals surface area contributed by atoms with Crippen LogP contribution in [0, 0.1) is 0 Å². The van der Waals surface area contributed by atoms with Crippen LogP contribution in [0.3, 0.4) is 0 Å². The average Bonchev–Trinajstić information content (AvgIpc) is 3.15. The van der Waals surface area contributed by atoms with E-state index in [0.717, 1.165) is 23.1 Å². The van der Waals surface area contributed by atoms with Crippen LogP contribution in [0.25, 0.3) is 11.1 Å². The Bertz CT molecular complexity index is 2060. The van der Waals surface area contributed by atoms with Gasteiger partial charge in [-0.1, -0.05) is 48.5 Å². The van der Waals surface area contributed by atoms with Crippen molar-refractivity contribution < 1.29 is 64.5 Å². The highest BCUT2D eigenvalue weighted by atomic mass is 19.4. The van der Waals surface area contributed by atoms with Crippen molar-refractivity contribution in [1.82, 2.24) is 4.90 Å². The van der Waals surface area contributed by atoms with E-state index in [1.807, 2.05) is 0 Å². The van der Waals surface area contributed by atoms with Gasteiger partial charge in [-0.05, 0) is 78.6 Å². The zero-order valence-electron chi connectivity index (χ0n) is 30.5. The monoisotopic (exact) mass is 786 g/mol. The summed E-state index contributed by atoms with van der Waals surface area (Å²) in [5, 5.41) is 2.49. The van der Waals surface area contributed by atoms with Crippen molar-refractivity contribution in [1.29, 1.82) is 0 Å². The lowest BCUT2D eigenvalue weighted by Gasteiger charge is -2.29. The van der Waals surface area contributed by atoms with Gasteiger partial charge in [-0.3, -0.25) is 24.0 Å². The summed E-state index contributed by atoms with van der Waals surface area (Å²) in [4.78, 5) is 67.9. The summed E-state index contributed by atoms with van der Waals surface area (Å²) in [6.45, 7) is 2.08. The minimum absolute atomic E-state index is 0.0957. The fraction of sp³-hybridized carbons (Fsp3) is 0.275. The SMILES string of the molecule is CCOC(=O)C(COC(=O)Cc1ccc(NC(=O)c2ccc(C(F)(F)F)cc2-c2ccc(C(F)(F)F)cc2)c(C(=O)N(C)C)c1)(C(=O)OCC)c1ccccc1. The van der Waals surface area contributed by atoms with Gasteiger partial charge < -0.3 is 24.4 Å². The van der Waals surface area contributed by atoms with Gasteiger partial charge in [-0.15, -0.1) is 0 Å². The number of amides is 2. The van der Waals surface area contributed by atoms with Crippen molar-refractivity contribution in [3.63, 3.8) is 0 Å². The lowest BCUT2D eigenvalue weighted by atomic mass is 9.81. The average molecular weight is 787 g/mol. The molecule has 2 amide bonds. The highest BCUT2D eigenvalue weighted by Crippen LogP contribution is 2.37. The lowest BCUT2D eigenvalue weighted by Crippen LogP contribution is -2.50. The van der Waals surface area contributed by atoms with Gasteiger partial charge in [0.05, 0.1) is 42.0 Å². The maximum Gasteiger partial charge on any atom is 0.416 e. The summed E-state index contributed by atoms with van der Waals surface area (Å²) >= 11 is 0. The Morgan fingerprint density at radius 2 is 1.21 bits per heavy atom. The number of carbonyl (C=O) groups is 5. The Hall–Kier alpha value is -6.19. The van der Waals surface area contributed by atoms with Gasteiger partial charge >= 0.3 is 30.3 Å². The first-order valence-electron chi connectivity index (χ1n) is 16.9. The summed E-state index contributed by atoms with van der Waals surface area (Å²) in [6, 6.07) is 17.0. The minimum Gasteiger partial charge on any atom is -0.465 e. The first-order chi connectivity index (χ1) is 26.3. The van der Waals surface area contributed by atoms with Crippen LogP contribution in [-0.2, 0) is 52.8 Å². The molecule has 4 aromatic carbocycles. The summed E-state index contributed by atoms with van der Waals surface area (Å²) in [5.74, 6) is -4.59. The molecule has 0 aromatic heterocycles. The number of ether oxygens (including phenoxy) is 3. The van der Waals surface area contributed by atoms with Crippen molar-refractivity contribution in [3.05, 3.63) is 124 Å². The molecule has 1 N–H and O–H groups in total. The first kappa shape index (κ1) is 42.6. The highest BCUT2D eigenvalue weighted by molar-refractivity contribution is 6.12. The van der Waals surface area contributed by atoms with Gasteiger partial charge in [0, 0.05) is 19.7 Å². The second-order valence-corrected chi connectivity index (χ2v) is 12.4. The molecule has 0 aliphatic rings. The van der Waals surface area contributed by atoms with Crippen molar-refractivity contribution in [3.8, 4) is 11.1 Å². The molecule has 16 heteroatoms. The standard InChI is InChI=1S/C40H36F6N2O8/c1-5-54-36(52)38(37(53)55-6-2,26-10-8-7-9-11-26)23-56-33(49)21-24-12-19-32(31(20-24)35(51)48(3)4)47-34(50)29-18-17-28(40(44,45)46)22-30(29)25-13-15-27(16-14-25)39(41,42)43/h7-20,22H,5-6,21,23H2,1-4H3,(H,47,50). The molecular formula is C40H36F6N2O8. The minimum atomic E-state index is -4.85. The topological polar surface area (TPSA) is 128 Å². The van der Waals surface area contributed by atoms with E-state index in [-0.39, 0.29) is 52.3 Å². The van der Waals surface area contributed by atoms with Gasteiger partial charge in [0.15, 0.2) is 0 Å². The van der Waals surface area contributed by atoms with Gasteiger partial charge in [0.2, 0.25) is 5.41 Å². The second kappa shape index (κ2) is 17.5. The number of rotatable bonds is 13. The third-order valence-corrected chi connectivity index (χ3v) is 8.40. The van der Waals surface area contributed by atoms with Crippen LogP contribution in [-0.4, -0.2) is 68.5 Å². The van der Waals surface area contributed by atoms with Crippen LogP contribution in [0.1, 0.15) is 56.8 Å². The molecule has 56 heavy (non-hydrogen) atoms. The quantitative estimate of drug-likeness (QED) is 0.0639. The van der Waals surface area contributed by atoms with E-state index in [1.165, 1.54) is 58.3 Å². The second-order valence-electron chi connectivity index (χ2n) is 12.4. The molecule has 0 aliphatic heterocycles. The summed E-state index contributed by atoms with van der Waals surface area (Å²) in [6.07, 6.45) is -10.1. The molecule has 4 aromatic rings. The molecule has 0 spiro atoms. The number of carbonyl (C=O) groups excluding carboxylic acids is 5. The van der Waals surface area contributed by atoms with Crippen LogP contribution in [0.4, 0.5) is 32.0 Å². The number of benzene rings is 4. The fourth-order valence-corrected chi connectivity index (χ4v) is 5.57. The van der Waals surface area contributed by atoms with Crippen molar-refractivity contribution >= 4 is 35.4 Å². The van der Waals surface area contributed by atoms with E-state index >= 15 is 0 Å². The fourth-order valence-electron chi connectivity index (χ4n) is 5.57. The number of esters is 3. The molecule has 10 nitrogen and oxygen atoms in total. The molecule has 0 saturated heterocycles. The van der Waals surface area contributed by atoms with E-state index in [1.54, 1.807) is 18.2 Å². The van der Waals surface area contributed by atoms with E-state index in [9.17, 15) is 50.3 Å². The molecule has 0 heterocycles. The van der Waals surface area contributed by atoms with Crippen LogP contribution < -0.4 is 5.32 Å². The Kier molecular flexibility index (Phi) is 13.3. The van der Waals surface area contributed by atoms with E-state index in [0.29, 0.717) is 24.3 Å². The first-order valence-corrected chi connectivity index (χ1v) is 16.9. The van der Waals surface area contributed by atoms with Gasteiger partial charge in [0.25, 0.3) is 11.8 Å². The predicted molar refractivity (Wildman–Crippen MR) is 190 cm³/mol. The van der Waals surface area contributed by atoms with E-state index in [4.69, 9.17) is 14.2 Å². The number of alkyl halides is 6. The Labute approximate surface area is 317 Å². The van der Waals surface area contributed by atoms with Crippen LogP contribution in [0.2, 0.25) is 0 Å². The number of nitrogens with one attached hydrogen (secondary N) is 1. The molecule has 0 atom stereocenters. The Morgan fingerprint density at radius 3 is 1.75 bits per heavy atom. The third kappa shape index (κ3) is 9.72. The molecule has 0 unspecified atom stereocenters. The van der Waals surface area contributed by atoms with Crippen molar-refractivity contribution in [2.45, 2.75) is 38.0 Å². The number of hydrogen-bond donors (Lipinski definition) is 1. The third-order valence-electron chi connectivity index (χ3n) is 8.40. The molecule has 0 aliphatic carbocycles. The number of hydrogen-bond acceptors (Lipinski definition) is 8. The van der Waals surface area contributed by atoms with Gasteiger partial charge in [-0.25, -0.2) is 0 Å². The predicted octanol–water partition coefficient (Wildman–Crippen LogP) is 7.50. The Balaban J connectivity index is 1.66. The van der Waals surface area contributed by atoms with Crippen LogP contribution in [0.5, 0.6) is 0 Å². The summed E-state index contributed by atoms with van der Waals surface area (Å²) in [7, 11) is 2.81. The number of anilines is 1. The zero-order valence-corrected chi connectivity index (χ0v) is 30.5.